The van der Waals surface area contributed by atoms with Crippen LogP contribution in [0.3, 0.4) is 0 Å². The number of methoxy groups -OCH3 is 1. The lowest BCUT2D eigenvalue weighted by Gasteiger charge is -2.20. The van der Waals surface area contributed by atoms with E-state index in [1.165, 1.54) is 0 Å². The third-order valence-electron chi connectivity index (χ3n) is 5.62. The third kappa shape index (κ3) is 5.01. The number of fused-ring (bicyclic) bond motifs is 1. The molecule has 2 heterocycles. The van der Waals surface area contributed by atoms with Crippen molar-refractivity contribution in [1.82, 2.24) is 0 Å². The monoisotopic (exact) mass is 437 g/mol. The van der Waals surface area contributed by atoms with Gasteiger partial charge in [-0.25, -0.2) is 0 Å². The minimum atomic E-state index is -0.120. The van der Waals surface area contributed by atoms with Crippen molar-refractivity contribution in [2.45, 2.75) is 38.5 Å². The summed E-state index contributed by atoms with van der Waals surface area (Å²) < 4.78 is 11.2. The van der Waals surface area contributed by atoms with Gasteiger partial charge in [0, 0.05) is 37.2 Å². The van der Waals surface area contributed by atoms with Crippen LogP contribution in [0.4, 0.5) is 17.1 Å². The first kappa shape index (κ1) is 21.7. The van der Waals surface area contributed by atoms with E-state index >= 15 is 0 Å². The van der Waals surface area contributed by atoms with Crippen molar-refractivity contribution < 1.29 is 23.9 Å². The molecule has 0 saturated carbocycles. The van der Waals surface area contributed by atoms with Gasteiger partial charge in [0.25, 0.3) is 0 Å². The standard InChI is InChI=1S/C24H27N3O5/c1-31-21-10-7-17(15-20(21)27-12-2-5-24(27)30)25-22(28)4-3-13-32-18-8-9-19-16(14-18)6-11-23(29)26-19/h7-10,14-15H,2-6,11-13H2,1H3,(H,25,28)(H,26,29). The molecule has 2 N–H and O–H groups in total. The molecule has 8 nitrogen and oxygen atoms in total. The summed E-state index contributed by atoms with van der Waals surface area (Å²) in [6, 6.07) is 10.9. The fraction of sp³-hybridized carbons (Fsp3) is 0.375. The van der Waals surface area contributed by atoms with E-state index in [1.807, 2.05) is 18.2 Å². The Morgan fingerprint density at radius 3 is 2.78 bits per heavy atom. The number of hydrogen-bond acceptors (Lipinski definition) is 5. The van der Waals surface area contributed by atoms with Gasteiger partial charge in [0.2, 0.25) is 17.7 Å². The van der Waals surface area contributed by atoms with Gasteiger partial charge < -0.3 is 25.0 Å². The number of benzene rings is 2. The molecule has 0 radical (unpaired) electrons. The Kier molecular flexibility index (Phi) is 6.58. The van der Waals surface area contributed by atoms with Crippen LogP contribution < -0.4 is 25.0 Å². The maximum Gasteiger partial charge on any atom is 0.227 e. The van der Waals surface area contributed by atoms with Crippen LogP contribution in [0.1, 0.15) is 37.7 Å². The zero-order valence-corrected chi connectivity index (χ0v) is 18.1. The first-order chi connectivity index (χ1) is 15.5. The van der Waals surface area contributed by atoms with E-state index in [9.17, 15) is 14.4 Å². The van der Waals surface area contributed by atoms with E-state index < -0.39 is 0 Å². The van der Waals surface area contributed by atoms with E-state index in [1.54, 1.807) is 30.2 Å². The van der Waals surface area contributed by atoms with Crippen LogP contribution in [0, 0.1) is 0 Å². The van der Waals surface area contributed by atoms with Gasteiger partial charge in [-0.3, -0.25) is 14.4 Å². The molecule has 0 spiro atoms. The van der Waals surface area contributed by atoms with Crippen molar-refractivity contribution in [3.8, 4) is 11.5 Å². The van der Waals surface area contributed by atoms with Crippen molar-refractivity contribution in [3.05, 3.63) is 42.0 Å². The Bertz CT molecular complexity index is 1040. The second kappa shape index (κ2) is 9.72. The van der Waals surface area contributed by atoms with E-state index in [0.717, 1.165) is 23.4 Å². The summed E-state index contributed by atoms with van der Waals surface area (Å²) in [7, 11) is 1.57. The Morgan fingerprint density at radius 1 is 1.12 bits per heavy atom. The van der Waals surface area contributed by atoms with Crippen LogP contribution in [-0.2, 0) is 20.8 Å². The quantitative estimate of drug-likeness (QED) is 0.616. The Balaban J connectivity index is 1.27. The average molecular weight is 437 g/mol. The number of aryl methyl sites for hydroxylation is 1. The molecule has 2 aromatic rings. The predicted octanol–water partition coefficient (Wildman–Crippen LogP) is 3.50. The maximum atomic E-state index is 12.4. The van der Waals surface area contributed by atoms with Gasteiger partial charge in [0.05, 0.1) is 19.4 Å². The zero-order valence-electron chi connectivity index (χ0n) is 18.1. The summed E-state index contributed by atoms with van der Waals surface area (Å²) in [4.78, 5) is 37.6. The summed E-state index contributed by atoms with van der Waals surface area (Å²) in [5.41, 5.74) is 3.21. The number of amides is 3. The van der Waals surface area contributed by atoms with Gasteiger partial charge in [-0.05, 0) is 61.2 Å². The molecule has 0 unspecified atom stereocenters. The molecule has 0 aromatic heterocycles. The van der Waals surface area contributed by atoms with Gasteiger partial charge in [-0.2, -0.15) is 0 Å². The maximum absolute atomic E-state index is 12.4. The normalized spacial score (nSPS) is 15.2. The van der Waals surface area contributed by atoms with Gasteiger partial charge in [0.15, 0.2) is 0 Å². The topological polar surface area (TPSA) is 97.0 Å². The summed E-state index contributed by atoms with van der Waals surface area (Å²) >= 11 is 0. The molecular weight excluding hydrogens is 410 g/mol. The van der Waals surface area contributed by atoms with Crippen molar-refractivity contribution in [3.63, 3.8) is 0 Å². The molecule has 2 aromatic carbocycles. The lowest BCUT2D eigenvalue weighted by molar-refractivity contribution is -0.117. The van der Waals surface area contributed by atoms with Gasteiger partial charge in [-0.1, -0.05) is 0 Å². The van der Waals surface area contributed by atoms with Crippen LogP contribution in [0.25, 0.3) is 0 Å². The fourth-order valence-corrected chi connectivity index (χ4v) is 3.98. The van der Waals surface area contributed by atoms with E-state index in [2.05, 4.69) is 10.6 Å². The highest BCUT2D eigenvalue weighted by Crippen LogP contribution is 2.34. The first-order valence-electron chi connectivity index (χ1n) is 10.9. The summed E-state index contributed by atoms with van der Waals surface area (Å²) in [6.07, 6.45) is 3.40. The Hall–Kier alpha value is -3.55. The van der Waals surface area contributed by atoms with E-state index in [0.29, 0.717) is 62.4 Å². The number of carbonyl (C=O) groups is 3. The van der Waals surface area contributed by atoms with Crippen LogP contribution in [-0.4, -0.2) is 38.0 Å². The minimum absolute atomic E-state index is 0.0354. The van der Waals surface area contributed by atoms with Crippen LogP contribution >= 0.6 is 0 Å². The molecule has 4 rings (SSSR count). The van der Waals surface area contributed by atoms with Crippen LogP contribution in [0.2, 0.25) is 0 Å². The molecule has 32 heavy (non-hydrogen) atoms. The van der Waals surface area contributed by atoms with Gasteiger partial charge >= 0.3 is 0 Å². The van der Waals surface area contributed by atoms with E-state index in [-0.39, 0.29) is 17.7 Å². The second-order valence-electron chi connectivity index (χ2n) is 7.90. The van der Waals surface area contributed by atoms with Crippen molar-refractivity contribution >= 4 is 34.8 Å². The molecule has 2 aliphatic rings. The molecule has 2 aliphatic heterocycles. The Morgan fingerprint density at radius 2 is 2.00 bits per heavy atom. The van der Waals surface area contributed by atoms with Gasteiger partial charge in [0.1, 0.15) is 11.5 Å². The van der Waals surface area contributed by atoms with Crippen LogP contribution in [0.5, 0.6) is 11.5 Å². The molecule has 8 heteroatoms. The molecule has 0 atom stereocenters. The molecule has 1 saturated heterocycles. The number of ether oxygens (including phenoxy) is 2. The molecule has 0 aliphatic carbocycles. The highest BCUT2D eigenvalue weighted by molar-refractivity contribution is 5.98. The highest BCUT2D eigenvalue weighted by atomic mass is 16.5. The zero-order chi connectivity index (χ0) is 22.5. The largest absolute Gasteiger partial charge is 0.495 e. The lowest BCUT2D eigenvalue weighted by atomic mass is 10.0. The SMILES string of the molecule is COc1ccc(NC(=O)CCCOc2ccc3c(c2)CCC(=O)N3)cc1N1CCCC1=O. The minimum Gasteiger partial charge on any atom is -0.495 e. The molecule has 3 amide bonds. The Labute approximate surface area is 186 Å². The summed E-state index contributed by atoms with van der Waals surface area (Å²) in [5, 5.41) is 5.73. The molecule has 168 valence electrons. The molecular formula is C24H27N3O5. The summed E-state index contributed by atoms with van der Waals surface area (Å²) in [5.74, 6) is 1.32. The number of nitrogens with one attached hydrogen (secondary N) is 2. The number of hydrogen-bond donors (Lipinski definition) is 2. The molecule has 0 bridgehead atoms. The van der Waals surface area contributed by atoms with Crippen molar-refractivity contribution in [2.24, 2.45) is 0 Å². The van der Waals surface area contributed by atoms with Crippen molar-refractivity contribution in [1.29, 1.82) is 0 Å². The highest BCUT2D eigenvalue weighted by Gasteiger charge is 2.25. The number of anilines is 3. The number of nitrogens with zero attached hydrogens (tertiary/aromatic N) is 1. The van der Waals surface area contributed by atoms with Gasteiger partial charge in [-0.15, -0.1) is 0 Å². The second-order valence-corrected chi connectivity index (χ2v) is 7.90. The van der Waals surface area contributed by atoms with E-state index in [4.69, 9.17) is 9.47 Å². The third-order valence-corrected chi connectivity index (χ3v) is 5.62. The van der Waals surface area contributed by atoms with Crippen LogP contribution in [0.15, 0.2) is 36.4 Å². The smallest absolute Gasteiger partial charge is 0.227 e. The fourth-order valence-electron chi connectivity index (χ4n) is 3.98. The summed E-state index contributed by atoms with van der Waals surface area (Å²) in [6.45, 7) is 1.06. The van der Waals surface area contributed by atoms with Crippen molar-refractivity contribution in [2.75, 3.05) is 35.8 Å². The number of carbonyl (C=O) groups excluding carboxylic acids is 3. The first-order valence-corrected chi connectivity index (χ1v) is 10.9. The lowest BCUT2D eigenvalue weighted by Crippen LogP contribution is -2.24. The average Bonchev–Trinajstić information content (AvgIpc) is 3.22. The number of rotatable bonds is 8. The molecule has 1 fully saturated rings. The predicted molar refractivity (Wildman–Crippen MR) is 121 cm³/mol.